The van der Waals surface area contributed by atoms with Gasteiger partial charge in [0.25, 0.3) is 5.91 Å². The number of hydrogen-bond donors (Lipinski definition) is 2. The van der Waals surface area contributed by atoms with Crippen LogP contribution >= 0.6 is 11.3 Å². The van der Waals surface area contributed by atoms with Crippen molar-refractivity contribution in [1.82, 2.24) is 4.98 Å². The summed E-state index contributed by atoms with van der Waals surface area (Å²) in [6.45, 7) is 4.30. The molecule has 2 aromatic carbocycles. The van der Waals surface area contributed by atoms with Crippen molar-refractivity contribution in [2.24, 2.45) is 0 Å². The predicted octanol–water partition coefficient (Wildman–Crippen LogP) is 5.08. The second-order valence-electron chi connectivity index (χ2n) is 6.42. The number of unbranched alkanes of at least 4 members (excludes halogenated alkanes) is 2. The van der Waals surface area contributed by atoms with E-state index in [1.165, 1.54) is 18.3 Å². The number of thiazole rings is 1. The van der Waals surface area contributed by atoms with E-state index in [0.29, 0.717) is 23.0 Å². The minimum Gasteiger partial charge on any atom is -0.494 e. The average molecular weight is 398 g/mol. The summed E-state index contributed by atoms with van der Waals surface area (Å²) < 4.78 is 6.55. The van der Waals surface area contributed by atoms with E-state index >= 15 is 0 Å². The number of benzene rings is 2. The molecule has 0 atom stereocenters. The van der Waals surface area contributed by atoms with Gasteiger partial charge < -0.3 is 10.1 Å². The molecule has 3 aromatic rings. The number of carbonyl (C=O) groups excluding carboxylic acids is 2. The Labute approximate surface area is 167 Å². The van der Waals surface area contributed by atoms with Gasteiger partial charge in [0.15, 0.2) is 5.13 Å². The fourth-order valence-corrected chi connectivity index (χ4v) is 3.57. The molecule has 3 rings (SSSR count). The van der Waals surface area contributed by atoms with Gasteiger partial charge in [-0.2, -0.15) is 0 Å². The highest BCUT2D eigenvalue weighted by atomic mass is 32.1. The molecule has 0 saturated heterocycles. The molecule has 7 heteroatoms. The number of carbonyl (C=O) groups is 2. The van der Waals surface area contributed by atoms with Crippen LogP contribution in [0.2, 0.25) is 0 Å². The summed E-state index contributed by atoms with van der Waals surface area (Å²) in [5.41, 5.74) is 2.01. The van der Waals surface area contributed by atoms with E-state index < -0.39 is 0 Å². The van der Waals surface area contributed by atoms with Crippen molar-refractivity contribution in [3.8, 4) is 5.75 Å². The number of fused-ring (bicyclic) bond motifs is 1. The van der Waals surface area contributed by atoms with Crippen molar-refractivity contribution in [2.75, 3.05) is 17.2 Å². The minimum atomic E-state index is -0.223. The van der Waals surface area contributed by atoms with E-state index in [0.717, 1.165) is 35.2 Å². The number of aromatic nitrogens is 1. The van der Waals surface area contributed by atoms with Crippen LogP contribution in [-0.4, -0.2) is 23.4 Å². The topological polar surface area (TPSA) is 80.3 Å². The van der Waals surface area contributed by atoms with Crippen LogP contribution in [0.4, 0.5) is 10.8 Å². The van der Waals surface area contributed by atoms with Crippen LogP contribution in [0.5, 0.6) is 5.75 Å². The van der Waals surface area contributed by atoms with Crippen LogP contribution in [0.25, 0.3) is 10.2 Å². The molecule has 0 bridgehead atoms. The maximum absolute atomic E-state index is 12.5. The Bertz CT molecular complexity index is 967. The third kappa shape index (κ3) is 5.29. The summed E-state index contributed by atoms with van der Waals surface area (Å²) in [5.74, 6) is 0.409. The second kappa shape index (κ2) is 9.32. The molecule has 6 nitrogen and oxygen atoms in total. The molecule has 1 heterocycles. The van der Waals surface area contributed by atoms with E-state index in [9.17, 15) is 9.59 Å². The van der Waals surface area contributed by atoms with Gasteiger partial charge in [0, 0.05) is 18.2 Å². The Kier molecular flexibility index (Phi) is 6.60. The van der Waals surface area contributed by atoms with Crippen LogP contribution in [0.3, 0.4) is 0 Å². The van der Waals surface area contributed by atoms with Crippen LogP contribution in [0.15, 0.2) is 42.5 Å². The SMILES string of the molecule is CCCCCOc1ccc(C(=O)Nc2nc3ccc(NC(C)=O)cc3s2)cc1. The lowest BCUT2D eigenvalue weighted by Gasteiger charge is -2.06. The van der Waals surface area contributed by atoms with Crippen molar-refractivity contribution in [2.45, 2.75) is 33.1 Å². The summed E-state index contributed by atoms with van der Waals surface area (Å²) in [7, 11) is 0. The number of nitrogens with one attached hydrogen (secondary N) is 2. The van der Waals surface area contributed by atoms with Gasteiger partial charge in [0.1, 0.15) is 5.75 Å². The van der Waals surface area contributed by atoms with Gasteiger partial charge in [0.2, 0.25) is 5.91 Å². The van der Waals surface area contributed by atoms with Gasteiger partial charge >= 0.3 is 0 Å². The Morgan fingerprint density at radius 2 is 1.86 bits per heavy atom. The highest BCUT2D eigenvalue weighted by molar-refractivity contribution is 7.22. The molecule has 0 spiro atoms. The maximum Gasteiger partial charge on any atom is 0.257 e. The van der Waals surface area contributed by atoms with Crippen molar-refractivity contribution < 1.29 is 14.3 Å². The number of amides is 2. The molecular formula is C21H23N3O3S. The summed E-state index contributed by atoms with van der Waals surface area (Å²) in [5, 5.41) is 6.08. The first-order chi connectivity index (χ1) is 13.5. The fourth-order valence-electron chi connectivity index (χ4n) is 2.67. The molecule has 1 aromatic heterocycles. The predicted molar refractivity (Wildman–Crippen MR) is 113 cm³/mol. The number of anilines is 2. The van der Waals surface area contributed by atoms with E-state index in [2.05, 4.69) is 22.5 Å². The third-order valence-electron chi connectivity index (χ3n) is 4.06. The maximum atomic E-state index is 12.5. The van der Waals surface area contributed by atoms with Crippen molar-refractivity contribution >= 4 is 44.2 Å². The van der Waals surface area contributed by atoms with Gasteiger partial charge in [-0.05, 0) is 48.9 Å². The Morgan fingerprint density at radius 1 is 1.07 bits per heavy atom. The Hall–Kier alpha value is -2.93. The summed E-state index contributed by atoms with van der Waals surface area (Å²) in [6.07, 6.45) is 3.33. The van der Waals surface area contributed by atoms with Gasteiger partial charge in [-0.25, -0.2) is 4.98 Å². The molecule has 0 aliphatic heterocycles. The van der Waals surface area contributed by atoms with Crippen LogP contribution in [0.1, 0.15) is 43.5 Å². The summed E-state index contributed by atoms with van der Waals surface area (Å²) in [4.78, 5) is 28.1. The monoisotopic (exact) mass is 397 g/mol. The molecule has 28 heavy (non-hydrogen) atoms. The molecule has 0 aliphatic carbocycles. The van der Waals surface area contributed by atoms with E-state index in [4.69, 9.17) is 4.74 Å². The summed E-state index contributed by atoms with van der Waals surface area (Å²) in [6, 6.07) is 12.5. The normalized spacial score (nSPS) is 10.6. The van der Waals surface area contributed by atoms with Crippen LogP contribution in [-0.2, 0) is 4.79 Å². The standard InChI is InChI=1S/C21H23N3O3S/c1-3-4-5-12-27-17-9-6-15(7-10-17)20(26)24-21-23-18-11-8-16(22-14(2)25)13-19(18)28-21/h6-11,13H,3-5,12H2,1-2H3,(H,22,25)(H,23,24,26). The van der Waals surface area contributed by atoms with E-state index in [1.807, 2.05) is 12.1 Å². The largest absolute Gasteiger partial charge is 0.494 e. The molecular weight excluding hydrogens is 374 g/mol. The van der Waals surface area contributed by atoms with Crippen LogP contribution in [0, 0.1) is 0 Å². The molecule has 0 saturated carbocycles. The summed E-state index contributed by atoms with van der Waals surface area (Å²) >= 11 is 1.36. The lowest BCUT2D eigenvalue weighted by Crippen LogP contribution is -2.11. The molecule has 0 radical (unpaired) electrons. The first-order valence-electron chi connectivity index (χ1n) is 9.27. The van der Waals surface area contributed by atoms with Crippen molar-refractivity contribution in [3.63, 3.8) is 0 Å². The van der Waals surface area contributed by atoms with Gasteiger partial charge in [0.05, 0.1) is 16.8 Å². The molecule has 0 fully saturated rings. The second-order valence-corrected chi connectivity index (χ2v) is 7.45. The highest BCUT2D eigenvalue weighted by Crippen LogP contribution is 2.28. The zero-order chi connectivity index (χ0) is 19.9. The fraction of sp³-hybridized carbons (Fsp3) is 0.286. The number of rotatable bonds is 8. The van der Waals surface area contributed by atoms with Crippen molar-refractivity contribution in [1.29, 1.82) is 0 Å². The van der Waals surface area contributed by atoms with Crippen molar-refractivity contribution in [3.05, 3.63) is 48.0 Å². The lowest BCUT2D eigenvalue weighted by atomic mass is 10.2. The highest BCUT2D eigenvalue weighted by Gasteiger charge is 2.11. The minimum absolute atomic E-state index is 0.129. The number of hydrogen-bond acceptors (Lipinski definition) is 5. The molecule has 0 unspecified atom stereocenters. The molecule has 146 valence electrons. The molecule has 2 amide bonds. The average Bonchev–Trinajstić information content (AvgIpc) is 3.06. The zero-order valence-corrected chi connectivity index (χ0v) is 16.8. The van der Waals surface area contributed by atoms with Crippen LogP contribution < -0.4 is 15.4 Å². The Balaban J connectivity index is 1.63. The smallest absolute Gasteiger partial charge is 0.257 e. The van der Waals surface area contributed by atoms with Gasteiger partial charge in [-0.1, -0.05) is 31.1 Å². The quantitative estimate of drug-likeness (QED) is 0.520. The molecule has 2 N–H and O–H groups in total. The van der Waals surface area contributed by atoms with E-state index in [1.54, 1.807) is 30.3 Å². The zero-order valence-electron chi connectivity index (χ0n) is 16.0. The molecule has 0 aliphatic rings. The first kappa shape index (κ1) is 19.8. The van der Waals surface area contributed by atoms with E-state index in [-0.39, 0.29) is 11.8 Å². The van der Waals surface area contributed by atoms with Gasteiger partial charge in [-0.3, -0.25) is 14.9 Å². The lowest BCUT2D eigenvalue weighted by molar-refractivity contribution is -0.114. The van der Waals surface area contributed by atoms with Gasteiger partial charge in [-0.15, -0.1) is 0 Å². The third-order valence-corrected chi connectivity index (χ3v) is 5.00. The Morgan fingerprint density at radius 3 is 2.57 bits per heavy atom. The number of ether oxygens (including phenoxy) is 1. The number of nitrogens with zero attached hydrogens (tertiary/aromatic N) is 1. The first-order valence-corrected chi connectivity index (χ1v) is 10.1.